The summed E-state index contributed by atoms with van der Waals surface area (Å²) in [5.41, 5.74) is 5.65. The smallest absolute Gasteiger partial charge is 0.223 e. The van der Waals surface area contributed by atoms with E-state index in [9.17, 15) is 4.79 Å². The molecule has 0 unspecified atom stereocenters. The molecule has 18 heavy (non-hydrogen) atoms. The molecule has 1 aliphatic rings. The zero-order chi connectivity index (χ0) is 12.8. The molecule has 1 fully saturated rings. The van der Waals surface area contributed by atoms with Gasteiger partial charge in [-0.2, -0.15) is 0 Å². The number of carbonyl (C=O) groups is 1. The zero-order valence-electron chi connectivity index (χ0n) is 10.5. The monoisotopic (exact) mass is 248 g/mol. The van der Waals surface area contributed by atoms with Crippen molar-refractivity contribution in [2.24, 2.45) is 11.7 Å². The van der Waals surface area contributed by atoms with Crippen molar-refractivity contribution in [2.45, 2.75) is 25.3 Å². The van der Waals surface area contributed by atoms with Crippen LogP contribution in [0.2, 0.25) is 0 Å². The Hall–Kier alpha value is -1.55. The Kier molecular flexibility index (Phi) is 4.59. The van der Waals surface area contributed by atoms with Crippen LogP contribution in [0.1, 0.15) is 19.3 Å². The molecule has 1 saturated carbocycles. The molecule has 1 aromatic rings. The molecule has 0 spiro atoms. The van der Waals surface area contributed by atoms with Gasteiger partial charge in [-0.15, -0.1) is 0 Å². The van der Waals surface area contributed by atoms with Crippen molar-refractivity contribution >= 4 is 5.91 Å². The molecule has 0 aromatic heterocycles. The molecule has 2 rings (SSSR count). The second kappa shape index (κ2) is 6.40. The van der Waals surface area contributed by atoms with E-state index in [4.69, 9.17) is 10.5 Å². The number of para-hydroxylation sites is 1. The van der Waals surface area contributed by atoms with Crippen molar-refractivity contribution in [3.05, 3.63) is 30.3 Å². The van der Waals surface area contributed by atoms with Gasteiger partial charge in [0.25, 0.3) is 0 Å². The van der Waals surface area contributed by atoms with Crippen molar-refractivity contribution in [3.63, 3.8) is 0 Å². The Morgan fingerprint density at radius 1 is 1.33 bits per heavy atom. The van der Waals surface area contributed by atoms with E-state index in [0.717, 1.165) is 25.0 Å². The number of amides is 1. The van der Waals surface area contributed by atoms with Gasteiger partial charge in [-0.25, -0.2) is 0 Å². The van der Waals surface area contributed by atoms with E-state index >= 15 is 0 Å². The van der Waals surface area contributed by atoms with Gasteiger partial charge in [0.15, 0.2) is 0 Å². The van der Waals surface area contributed by atoms with Crippen LogP contribution in [0, 0.1) is 5.92 Å². The van der Waals surface area contributed by atoms with Crippen LogP contribution in [0.4, 0.5) is 0 Å². The van der Waals surface area contributed by atoms with Crippen LogP contribution in [-0.2, 0) is 4.79 Å². The van der Waals surface area contributed by atoms with Crippen molar-refractivity contribution in [1.82, 2.24) is 5.32 Å². The fourth-order valence-corrected chi connectivity index (χ4v) is 2.01. The first-order valence-corrected chi connectivity index (χ1v) is 6.47. The summed E-state index contributed by atoms with van der Waals surface area (Å²) in [5.74, 6) is 1.14. The second-order valence-corrected chi connectivity index (χ2v) is 4.73. The molecule has 1 aromatic carbocycles. The lowest BCUT2D eigenvalue weighted by Gasteiger charge is -2.31. The van der Waals surface area contributed by atoms with E-state index in [0.29, 0.717) is 13.2 Å². The fraction of sp³-hybridized carbons (Fsp3) is 0.500. The summed E-state index contributed by atoms with van der Waals surface area (Å²) in [4.78, 5) is 11.6. The average molecular weight is 248 g/mol. The SMILES string of the molecule is NC1CC(C(=O)NCCCOc2ccccc2)C1. The number of carbonyl (C=O) groups excluding carboxylic acids is 1. The molecular formula is C14H20N2O2. The summed E-state index contributed by atoms with van der Waals surface area (Å²) < 4.78 is 5.53. The van der Waals surface area contributed by atoms with Gasteiger partial charge >= 0.3 is 0 Å². The van der Waals surface area contributed by atoms with Crippen LogP contribution in [0.25, 0.3) is 0 Å². The van der Waals surface area contributed by atoms with Gasteiger partial charge in [-0.1, -0.05) is 18.2 Å². The number of ether oxygens (including phenoxy) is 1. The van der Waals surface area contributed by atoms with Gasteiger partial charge in [0.1, 0.15) is 5.75 Å². The predicted octanol–water partition coefficient (Wildman–Crippen LogP) is 1.31. The van der Waals surface area contributed by atoms with E-state index in [1.807, 2.05) is 30.3 Å². The molecule has 0 aliphatic heterocycles. The molecule has 0 heterocycles. The summed E-state index contributed by atoms with van der Waals surface area (Å²) in [7, 11) is 0. The molecule has 1 amide bonds. The summed E-state index contributed by atoms with van der Waals surface area (Å²) >= 11 is 0. The lowest BCUT2D eigenvalue weighted by atomic mass is 9.80. The van der Waals surface area contributed by atoms with Crippen LogP contribution >= 0.6 is 0 Å². The Morgan fingerprint density at radius 2 is 2.06 bits per heavy atom. The highest BCUT2D eigenvalue weighted by atomic mass is 16.5. The third-order valence-corrected chi connectivity index (χ3v) is 3.18. The lowest BCUT2D eigenvalue weighted by molar-refractivity contribution is -0.127. The predicted molar refractivity (Wildman–Crippen MR) is 70.3 cm³/mol. The van der Waals surface area contributed by atoms with Gasteiger partial charge in [-0.05, 0) is 31.4 Å². The summed E-state index contributed by atoms with van der Waals surface area (Å²) in [6.07, 6.45) is 2.47. The van der Waals surface area contributed by atoms with Crippen molar-refractivity contribution < 1.29 is 9.53 Å². The lowest BCUT2D eigenvalue weighted by Crippen LogP contribution is -2.45. The Balaban J connectivity index is 1.52. The Morgan fingerprint density at radius 3 is 2.72 bits per heavy atom. The normalized spacial score (nSPS) is 22.1. The van der Waals surface area contributed by atoms with E-state index in [1.165, 1.54) is 0 Å². The first kappa shape index (κ1) is 12.9. The minimum absolute atomic E-state index is 0.134. The topological polar surface area (TPSA) is 64.4 Å². The molecule has 4 nitrogen and oxygen atoms in total. The Bertz CT molecular complexity index is 375. The largest absolute Gasteiger partial charge is 0.494 e. The maximum Gasteiger partial charge on any atom is 0.223 e. The molecule has 0 atom stereocenters. The summed E-state index contributed by atoms with van der Waals surface area (Å²) in [6, 6.07) is 9.91. The van der Waals surface area contributed by atoms with Crippen LogP contribution in [0.15, 0.2) is 30.3 Å². The maximum atomic E-state index is 11.6. The Labute approximate surface area is 108 Å². The first-order chi connectivity index (χ1) is 8.75. The summed E-state index contributed by atoms with van der Waals surface area (Å²) in [6.45, 7) is 1.28. The highest BCUT2D eigenvalue weighted by Crippen LogP contribution is 2.25. The summed E-state index contributed by atoms with van der Waals surface area (Å²) in [5, 5.41) is 2.92. The molecule has 3 N–H and O–H groups in total. The van der Waals surface area contributed by atoms with Crippen LogP contribution in [-0.4, -0.2) is 25.1 Å². The molecule has 1 aliphatic carbocycles. The zero-order valence-corrected chi connectivity index (χ0v) is 10.5. The van der Waals surface area contributed by atoms with Gasteiger partial charge in [0.05, 0.1) is 6.61 Å². The molecule has 4 heteroatoms. The van der Waals surface area contributed by atoms with Gasteiger partial charge < -0.3 is 15.8 Å². The third-order valence-electron chi connectivity index (χ3n) is 3.18. The van der Waals surface area contributed by atoms with Crippen LogP contribution in [0.5, 0.6) is 5.75 Å². The standard InChI is InChI=1S/C14H20N2O2/c15-12-9-11(10-12)14(17)16-7-4-8-18-13-5-2-1-3-6-13/h1-3,5-6,11-12H,4,7-10,15H2,(H,16,17). The van der Waals surface area contributed by atoms with Gasteiger partial charge in [-0.3, -0.25) is 4.79 Å². The number of hydrogen-bond donors (Lipinski definition) is 2. The third kappa shape index (κ3) is 3.74. The second-order valence-electron chi connectivity index (χ2n) is 4.73. The number of rotatable bonds is 6. The molecule has 98 valence electrons. The van der Waals surface area contributed by atoms with Crippen molar-refractivity contribution in [3.8, 4) is 5.75 Å². The van der Waals surface area contributed by atoms with Crippen LogP contribution in [0.3, 0.4) is 0 Å². The number of nitrogens with one attached hydrogen (secondary N) is 1. The minimum Gasteiger partial charge on any atom is -0.494 e. The quantitative estimate of drug-likeness (QED) is 0.746. The average Bonchev–Trinajstić information content (AvgIpc) is 2.35. The van der Waals surface area contributed by atoms with Crippen molar-refractivity contribution in [1.29, 1.82) is 0 Å². The number of nitrogens with two attached hydrogens (primary N) is 1. The molecular weight excluding hydrogens is 228 g/mol. The van der Waals surface area contributed by atoms with Gasteiger partial charge in [0, 0.05) is 18.5 Å². The van der Waals surface area contributed by atoms with E-state index in [-0.39, 0.29) is 17.9 Å². The minimum atomic E-state index is 0.134. The van der Waals surface area contributed by atoms with E-state index < -0.39 is 0 Å². The van der Waals surface area contributed by atoms with E-state index in [1.54, 1.807) is 0 Å². The highest BCUT2D eigenvalue weighted by molar-refractivity contribution is 5.79. The first-order valence-electron chi connectivity index (χ1n) is 6.47. The van der Waals surface area contributed by atoms with Crippen molar-refractivity contribution in [2.75, 3.05) is 13.2 Å². The fourth-order valence-electron chi connectivity index (χ4n) is 2.01. The molecule has 0 bridgehead atoms. The molecule has 0 radical (unpaired) electrons. The number of benzene rings is 1. The molecule has 0 saturated heterocycles. The van der Waals surface area contributed by atoms with Gasteiger partial charge in [0.2, 0.25) is 5.91 Å². The highest BCUT2D eigenvalue weighted by Gasteiger charge is 2.31. The van der Waals surface area contributed by atoms with Crippen LogP contribution < -0.4 is 15.8 Å². The van der Waals surface area contributed by atoms with E-state index in [2.05, 4.69) is 5.32 Å². The number of hydrogen-bond acceptors (Lipinski definition) is 3. The maximum absolute atomic E-state index is 11.6.